The predicted octanol–water partition coefficient (Wildman–Crippen LogP) is 4.22. The van der Waals surface area contributed by atoms with Crippen LogP contribution in [-0.2, 0) is 9.53 Å². The number of ether oxygens (including phenoxy) is 1. The zero-order valence-corrected chi connectivity index (χ0v) is 16.3. The summed E-state index contributed by atoms with van der Waals surface area (Å²) in [5.74, 6) is -0.601. The number of rotatable bonds is 6. The normalized spacial score (nSPS) is 11.8. The molecule has 144 valence electrons. The number of benzene rings is 3. The lowest BCUT2D eigenvalue weighted by atomic mass is 10.00. The lowest BCUT2D eigenvalue weighted by Crippen LogP contribution is -2.30. The maximum atomic E-state index is 12.4. The Bertz CT molecular complexity index is 1010. The van der Waals surface area contributed by atoms with Crippen LogP contribution in [0.5, 0.6) is 0 Å². The average molecular weight is 376 g/mol. The molecule has 28 heavy (non-hydrogen) atoms. The first-order valence-corrected chi connectivity index (χ1v) is 9.19. The van der Waals surface area contributed by atoms with Gasteiger partial charge in [0.05, 0.1) is 19.2 Å². The number of anilines is 1. The highest BCUT2D eigenvalue weighted by molar-refractivity contribution is 5.96. The fraction of sp³-hybridized carbons (Fsp3) is 0.217. The van der Waals surface area contributed by atoms with Crippen LogP contribution in [-0.4, -0.2) is 25.5 Å². The van der Waals surface area contributed by atoms with E-state index in [2.05, 4.69) is 34.9 Å². The average Bonchev–Trinajstić information content (AvgIpc) is 2.72. The molecule has 0 radical (unpaired) electrons. The van der Waals surface area contributed by atoms with Crippen LogP contribution in [0.2, 0.25) is 0 Å². The van der Waals surface area contributed by atoms with Gasteiger partial charge in [-0.1, -0.05) is 48.5 Å². The zero-order chi connectivity index (χ0) is 20.1. The van der Waals surface area contributed by atoms with E-state index in [0.29, 0.717) is 11.3 Å². The maximum absolute atomic E-state index is 12.4. The van der Waals surface area contributed by atoms with E-state index in [1.54, 1.807) is 18.2 Å². The van der Waals surface area contributed by atoms with Gasteiger partial charge in [-0.2, -0.15) is 0 Å². The van der Waals surface area contributed by atoms with E-state index in [-0.39, 0.29) is 18.5 Å². The summed E-state index contributed by atoms with van der Waals surface area (Å²) in [5.41, 5.74) is 3.03. The Morgan fingerprint density at radius 3 is 2.57 bits per heavy atom. The number of hydrogen-bond donors (Lipinski definition) is 2. The molecule has 2 N–H and O–H groups in total. The monoisotopic (exact) mass is 376 g/mol. The summed E-state index contributed by atoms with van der Waals surface area (Å²) in [6.45, 7) is 4.08. The summed E-state index contributed by atoms with van der Waals surface area (Å²) in [5, 5.41) is 8.49. The summed E-state index contributed by atoms with van der Waals surface area (Å²) in [4.78, 5) is 24.1. The molecule has 0 aliphatic heterocycles. The van der Waals surface area contributed by atoms with Crippen molar-refractivity contribution in [2.75, 3.05) is 19.0 Å². The second-order valence-electron chi connectivity index (χ2n) is 6.74. The molecule has 0 bridgehead atoms. The topological polar surface area (TPSA) is 67.4 Å². The first-order chi connectivity index (χ1) is 13.5. The minimum atomic E-state index is -0.432. The SMILES string of the molecule is COC(=O)c1ccc(C)c(NC(=O)CN[C@H](C)c2cccc3ccccc23)c1. The molecule has 0 aliphatic carbocycles. The van der Waals surface area contributed by atoms with Gasteiger partial charge in [-0.15, -0.1) is 0 Å². The summed E-state index contributed by atoms with van der Waals surface area (Å²) < 4.78 is 4.74. The highest BCUT2D eigenvalue weighted by atomic mass is 16.5. The molecule has 0 spiro atoms. The van der Waals surface area contributed by atoms with E-state index in [1.165, 1.54) is 17.9 Å². The van der Waals surface area contributed by atoms with Crippen LogP contribution in [0, 0.1) is 6.92 Å². The van der Waals surface area contributed by atoms with Gasteiger partial charge in [-0.25, -0.2) is 4.79 Å². The molecule has 0 heterocycles. The van der Waals surface area contributed by atoms with E-state index in [1.807, 2.05) is 32.0 Å². The molecule has 0 fully saturated rings. The van der Waals surface area contributed by atoms with Gasteiger partial charge in [0.15, 0.2) is 0 Å². The molecule has 0 aromatic heterocycles. The van der Waals surface area contributed by atoms with Crippen molar-refractivity contribution in [2.24, 2.45) is 0 Å². The molecule has 1 amide bonds. The molecular weight excluding hydrogens is 352 g/mol. The van der Waals surface area contributed by atoms with Gasteiger partial charge in [-0.05, 0) is 47.9 Å². The van der Waals surface area contributed by atoms with Crippen molar-refractivity contribution in [1.82, 2.24) is 5.32 Å². The van der Waals surface area contributed by atoms with E-state index in [0.717, 1.165) is 11.1 Å². The molecule has 1 atom stereocenters. The molecule has 0 aliphatic rings. The third kappa shape index (κ3) is 4.38. The number of hydrogen-bond acceptors (Lipinski definition) is 4. The van der Waals surface area contributed by atoms with Crippen molar-refractivity contribution in [3.05, 3.63) is 77.4 Å². The number of carbonyl (C=O) groups is 2. The number of methoxy groups -OCH3 is 1. The minimum Gasteiger partial charge on any atom is -0.465 e. The quantitative estimate of drug-likeness (QED) is 0.632. The van der Waals surface area contributed by atoms with Crippen LogP contribution < -0.4 is 10.6 Å². The predicted molar refractivity (Wildman–Crippen MR) is 112 cm³/mol. The van der Waals surface area contributed by atoms with Crippen molar-refractivity contribution in [3.8, 4) is 0 Å². The smallest absolute Gasteiger partial charge is 0.337 e. The third-order valence-electron chi connectivity index (χ3n) is 4.79. The number of amides is 1. The fourth-order valence-corrected chi connectivity index (χ4v) is 3.18. The summed E-state index contributed by atoms with van der Waals surface area (Å²) in [6, 6.07) is 19.5. The van der Waals surface area contributed by atoms with Crippen molar-refractivity contribution >= 4 is 28.3 Å². The third-order valence-corrected chi connectivity index (χ3v) is 4.79. The van der Waals surface area contributed by atoms with Gasteiger partial charge in [0, 0.05) is 11.7 Å². The Kier molecular flexibility index (Phi) is 6.06. The lowest BCUT2D eigenvalue weighted by Gasteiger charge is -2.17. The first-order valence-electron chi connectivity index (χ1n) is 9.19. The molecule has 0 saturated carbocycles. The van der Waals surface area contributed by atoms with E-state index in [4.69, 9.17) is 4.74 Å². The van der Waals surface area contributed by atoms with Crippen molar-refractivity contribution < 1.29 is 14.3 Å². The van der Waals surface area contributed by atoms with Crippen LogP contribution in [0.3, 0.4) is 0 Å². The van der Waals surface area contributed by atoms with Crippen molar-refractivity contribution in [3.63, 3.8) is 0 Å². The Morgan fingerprint density at radius 2 is 1.79 bits per heavy atom. The fourth-order valence-electron chi connectivity index (χ4n) is 3.18. The van der Waals surface area contributed by atoms with Crippen molar-refractivity contribution in [1.29, 1.82) is 0 Å². The molecule has 3 aromatic carbocycles. The molecule has 5 nitrogen and oxygen atoms in total. The number of nitrogens with one attached hydrogen (secondary N) is 2. The van der Waals surface area contributed by atoms with E-state index in [9.17, 15) is 9.59 Å². The second-order valence-corrected chi connectivity index (χ2v) is 6.74. The number of carbonyl (C=O) groups excluding carboxylic acids is 2. The second kappa shape index (κ2) is 8.67. The molecule has 3 rings (SSSR count). The van der Waals surface area contributed by atoms with Crippen molar-refractivity contribution in [2.45, 2.75) is 19.9 Å². The van der Waals surface area contributed by atoms with Gasteiger partial charge in [0.1, 0.15) is 0 Å². The Balaban J connectivity index is 1.66. The van der Waals surface area contributed by atoms with Crippen LogP contribution in [0.1, 0.15) is 34.5 Å². The van der Waals surface area contributed by atoms with Gasteiger partial charge in [0.25, 0.3) is 0 Å². The van der Waals surface area contributed by atoms with Gasteiger partial charge >= 0.3 is 5.97 Å². The molecule has 0 unspecified atom stereocenters. The summed E-state index contributed by atoms with van der Waals surface area (Å²) >= 11 is 0. The van der Waals surface area contributed by atoms with Crippen LogP contribution in [0.15, 0.2) is 60.7 Å². The summed E-state index contributed by atoms with van der Waals surface area (Å²) in [7, 11) is 1.33. The van der Waals surface area contributed by atoms with Crippen LogP contribution in [0.4, 0.5) is 5.69 Å². The van der Waals surface area contributed by atoms with E-state index >= 15 is 0 Å². The minimum absolute atomic E-state index is 0.0133. The van der Waals surface area contributed by atoms with Crippen LogP contribution >= 0.6 is 0 Å². The number of esters is 1. The molecule has 0 saturated heterocycles. The lowest BCUT2D eigenvalue weighted by molar-refractivity contribution is -0.115. The Labute approximate surface area is 164 Å². The highest BCUT2D eigenvalue weighted by Gasteiger charge is 2.13. The van der Waals surface area contributed by atoms with Gasteiger partial charge < -0.3 is 15.4 Å². The van der Waals surface area contributed by atoms with E-state index < -0.39 is 5.97 Å². The first kappa shape index (κ1) is 19.6. The number of fused-ring (bicyclic) bond motifs is 1. The zero-order valence-electron chi connectivity index (χ0n) is 16.3. The highest BCUT2D eigenvalue weighted by Crippen LogP contribution is 2.24. The van der Waals surface area contributed by atoms with Crippen LogP contribution in [0.25, 0.3) is 10.8 Å². The Morgan fingerprint density at radius 1 is 1.04 bits per heavy atom. The molecule has 3 aromatic rings. The summed E-state index contributed by atoms with van der Waals surface area (Å²) in [6.07, 6.45) is 0. The number of aryl methyl sites for hydroxylation is 1. The molecular formula is C23H24N2O3. The van der Waals surface area contributed by atoms with Gasteiger partial charge in [-0.3, -0.25) is 4.79 Å². The maximum Gasteiger partial charge on any atom is 0.337 e. The largest absolute Gasteiger partial charge is 0.465 e. The molecule has 5 heteroatoms. The standard InChI is InChI=1S/C23H24N2O3/c1-15-11-12-18(23(27)28-3)13-21(15)25-22(26)14-24-16(2)19-10-6-8-17-7-4-5-9-20(17)19/h4-13,16,24H,14H2,1-3H3,(H,25,26)/t16-/m1/s1. The van der Waals surface area contributed by atoms with Gasteiger partial charge in [0.2, 0.25) is 5.91 Å². The Hall–Kier alpha value is -3.18.